The average Bonchev–Trinajstić information content (AvgIpc) is 2.04. The van der Waals surface area contributed by atoms with Crippen LogP contribution in [0.15, 0.2) is 24.8 Å². The van der Waals surface area contributed by atoms with Gasteiger partial charge in [0.15, 0.2) is 0 Å². The molecule has 1 rings (SSSR count). The Morgan fingerprint density at radius 1 is 1.45 bits per heavy atom. The number of aromatic hydroxyl groups is 1. The number of hydrogen-bond acceptors (Lipinski definition) is 2. The molecule has 0 saturated heterocycles. The summed E-state index contributed by atoms with van der Waals surface area (Å²) in [6, 6.07) is 5.03. The molecule has 0 spiro atoms. The maximum Gasteiger partial charge on any atom is 0.121 e. The van der Waals surface area contributed by atoms with E-state index in [1.807, 2.05) is 0 Å². The van der Waals surface area contributed by atoms with Crippen LogP contribution in [-0.4, -0.2) is 10.2 Å². The van der Waals surface area contributed by atoms with Crippen molar-refractivity contribution in [1.82, 2.24) is 0 Å². The van der Waals surface area contributed by atoms with Crippen molar-refractivity contribution < 1.29 is 10.2 Å². The molecule has 0 amide bonds. The van der Waals surface area contributed by atoms with E-state index >= 15 is 0 Å². The van der Waals surface area contributed by atoms with Crippen LogP contribution in [0, 0.1) is 0 Å². The third-order valence-corrected chi connectivity index (χ3v) is 1.52. The molecule has 0 radical (unpaired) electrons. The van der Waals surface area contributed by atoms with Crippen molar-refractivity contribution in [3.05, 3.63) is 35.9 Å². The Hall–Kier alpha value is -1.28. The summed E-state index contributed by atoms with van der Waals surface area (Å²) < 4.78 is 0. The first kappa shape index (κ1) is 7.82. The highest BCUT2D eigenvalue weighted by Crippen LogP contribution is 2.18. The van der Waals surface area contributed by atoms with Gasteiger partial charge in [0, 0.05) is 5.56 Å². The zero-order valence-corrected chi connectivity index (χ0v) is 6.12. The summed E-state index contributed by atoms with van der Waals surface area (Å²) >= 11 is 0. The molecule has 2 N–H and O–H groups in total. The van der Waals surface area contributed by atoms with Gasteiger partial charge in [0.2, 0.25) is 0 Å². The van der Waals surface area contributed by atoms with Crippen molar-refractivity contribution >= 4 is 6.08 Å². The van der Waals surface area contributed by atoms with E-state index in [-0.39, 0.29) is 12.4 Å². The first-order valence-electron chi connectivity index (χ1n) is 3.33. The van der Waals surface area contributed by atoms with E-state index in [1.165, 1.54) is 0 Å². The van der Waals surface area contributed by atoms with Gasteiger partial charge in [-0.15, -0.1) is 0 Å². The highest BCUT2D eigenvalue weighted by molar-refractivity contribution is 5.51. The van der Waals surface area contributed by atoms with E-state index in [9.17, 15) is 5.11 Å². The predicted molar refractivity (Wildman–Crippen MR) is 44.1 cm³/mol. The van der Waals surface area contributed by atoms with Gasteiger partial charge in [-0.1, -0.05) is 24.8 Å². The molecule has 0 aliphatic carbocycles. The number of hydrogen-bond donors (Lipinski definition) is 2. The summed E-state index contributed by atoms with van der Waals surface area (Å²) in [4.78, 5) is 0. The zero-order valence-electron chi connectivity index (χ0n) is 6.12. The van der Waals surface area contributed by atoms with Crippen molar-refractivity contribution in [2.45, 2.75) is 6.61 Å². The van der Waals surface area contributed by atoms with Crippen LogP contribution in [0.3, 0.4) is 0 Å². The van der Waals surface area contributed by atoms with Gasteiger partial charge in [-0.3, -0.25) is 0 Å². The van der Waals surface area contributed by atoms with Crippen molar-refractivity contribution in [1.29, 1.82) is 0 Å². The van der Waals surface area contributed by atoms with E-state index in [4.69, 9.17) is 5.11 Å². The lowest BCUT2D eigenvalue weighted by atomic mass is 10.1. The van der Waals surface area contributed by atoms with Gasteiger partial charge in [0.1, 0.15) is 5.75 Å². The molecule has 11 heavy (non-hydrogen) atoms. The molecule has 2 nitrogen and oxygen atoms in total. The fourth-order valence-electron chi connectivity index (χ4n) is 0.842. The number of aliphatic hydroxyl groups excluding tert-OH is 1. The molecule has 2 heteroatoms. The molecular formula is C9H10O2. The summed E-state index contributed by atoms with van der Waals surface area (Å²) in [5, 5.41) is 17.9. The van der Waals surface area contributed by atoms with Crippen LogP contribution in [0.5, 0.6) is 5.75 Å². The molecule has 0 atom stereocenters. The van der Waals surface area contributed by atoms with Crippen LogP contribution >= 0.6 is 0 Å². The van der Waals surface area contributed by atoms with Gasteiger partial charge >= 0.3 is 0 Å². The van der Waals surface area contributed by atoms with Gasteiger partial charge < -0.3 is 10.2 Å². The van der Waals surface area contributed by atoms with E-state index in [2.05, 4.69) is 6.58 Å². The Labute approximate surface area is 65.4 Å². The standard InChI is InChI=1S/C9H10O2/c1-2-7-3-4-8(6-10)9(11)5-7/h2-5,10-11H,1,6H2. The van der Waals surface area contributed by atoms with Crippen LogP contribution in [-0.2, 0) is 6.61 Å². The van der Waals surface area contributed by atoms with Gasteiger partial charge in [-0.25, -0.2) is 0 Å². The summed E-state index contributed by atoms with van der Waals surface area (Å²) in [6.45, 7) is 3.42. The Morgan fingerprint density at radius 2 is 2.18 bits per heavy atom. The largest absolute Gasteiger partial charge is 0.508 e. The Bertz CT molecular complexity index is 266. The lowest BCUT2D eigenvalue weighted by Gasteiger charge is -2.00. The molecular weight excluding hydrogens is 140 g/mol. The first-order chi connectivity index (χ1) is 5.27. The van der Waals surface area contributed by atoms with E-state index in [0.717, 1.165) is 5.56 Å². The second kappa shape index (κ2) is 3.21. The van der Waals surface area contributed by atoms with Crippen LogP contribution in [0.1, 0.15) is 11.1 Å². The van der Waals surface area contributed by atoms with Crippen LogP contribution in [0.2, 0.25) is 0 Å². The van der Waals surface area contributed by atoms with Crippen molar-refractivity contribution in [3.63, 3.8) is 0 Å². The Kier molecular flexibility index (Phi) is 2.28. The SMILES string of the molecule is C=Cc1ccc(CO)c(O)c1. The van der Waals surface area contributed by atoms with E-state index in [0.29, 0.717) is 5.56 Å². The molecule has 0 aliphatic heterocycles. The second-order valence-electron chi connectivity index (χ2n) is 2.25. The summed E-state index contributed by atoms with van der Waals surface area (Å²) in [6.07, 6.45) is 1.64. The molecule has 1 aromatic carbocycles. The minimum atomic E-state index is -0.136. The van der Waals surface area contributed by atoms with Crippen LogP contribution in [0.25, 0.3) is 6.08 Å². The highest BCUT2D eigenvalue weighted by atomic mass is 16.3. The van der Waals surface area contributed by atoms with E-state index in [1.54, 1.807) is 24.3 Å². The van der Waals surface area contributed by atoms with Gasteiger partial charge in [0.25, 0.3) is 0 Å². The average molecular weight is 150 g/mol. The monoisotopic (exact) mass is 150 g/mol. The van der Waals surface area contributed by atoms with Crippen LogP contribution < -0.4 is 0 Å². The topological polar surface area (TPSA) is 40.5 Å². The smallest absolute Gasteiger partial charge is 0.121 e. The molecule has 0 heterocycles. The third-order valence-electron chi connectivity index (χ3n) is 1.52. The molecule has 0 unspecified atom stereocenters. The van der Waals surface area contributed by atoms with E-state index < -0.39 is 0 Å². The minimum absolute atomic E-state index is 0.116. The number of phenols is 1. The molecule has 1 aromatic rings. The Morgan fingerprint density at radius 3 is 2.64 bits per heavy atom. The molecule has 0 saturated carbocycles. The Balaban J connectivity index is 3.09. The third kappa shape index (κ3) is 1.59. The maximum atomic E-state index is 9.21. The fourth-order valence-corrected chi connectivity index (χ4v) is 0.842. The lowest BCUT2D eigenvalue weighted by Crippen LogP contribution is -1.83. The quantitative estimate of drug-likeness (QED) is 0.671. The normalized spacial score (nSPS) is 9.55. The highest BCUT2D eigenvalue weighted by Gasteiger charge is 1.98. The fraction of sp³-hybridized carbons (Fsp3) is 0.111. The predicted octanol–water partition coefficient (Wildman–Crippen LogP) is 1.53. The molecule has 0 aromatic heterocycles. The summed E-state index contributed by atoms with van der Waals surface area (Å²) in [5.74, 6) is 0.116. The maximum absolute atomic E-state index is 9.21. The minimum Gasteiger partial charge on any atom is -0.508 e. The molecule has 0 bridgehead atoms. The van der Waals surface area contributed by atoms with Crippen LogP contribution in [0.4, 0.5) is 0 Å². The van der Waals surface area contributed by atoms with Gasteiger partial charge in [-0.05, 0) is 11.6 Å². The number of benzene rings is 1. The molecule has 0 fully saturated rings. The molecule has 58 valence electrons. The van der Waals surface area contributed by atoms with Crippen molar-refractivity contribution in [2.75, 3.05) is 0 Å². The van der Waals surface area contributed by atoms with Crippen molar-refractivity contribution in [3.8, 4) is 5.75 Å². The van der Waals surface area contributed by atoms with Crippen molar-refractivity contribution in [2.24, 2.45) is 0 Å². The number of aliphatic hydroxyl groups is 1. The number of rotatable bonds is 2. The second-order valence-corrected chi connectivity index (χ2v) is 2.25. The van der Waals surface area contributed by atoms with Gasteiger partial charge in [-0.2, -0.15) is 0 Å². The summed E-state index contributed by atoms with van der Waals surface area (Å²) in [7, 11) is 0. The molecule has 0 aliphatic rings. The first-order valence-corrected chi connectivity index (χ1v) is 3.33. The zero-order chi connectivity index (χ0) is 8.27. The lowest BCUT2D eigenvalue weighted by molar-refractivity contribution is 0.275. The summed E-state index contributed by atoms with van der Waals surface area (Å²) in [5.41, 5.74) is 1.38. The van der Waals surface area contributed by atoms with Gasteiger partial charge in [0.05, 0.1) is 6.61 Å².